The molecule has 0 N–H and O–H groups in total. The first-order valence-corrected chi connectivity index (χ1v) is 7.08. The van der Waals surface area contributed by atoms with Crippen LogP contribution in [-0.4, -0.2) is 32.1 Å². The summed E-state index contributed by atoms with van der Waals surface area (Å²) in [4.78, 5) is 8.27. The molecule has 1 aromatic carbocycles. The summed E-state index contributed by atoms with van der Waals surface area (Å²) in [7, 11) is 1.56. The Morgan fingerprint density at radius 1 is 1.24 bits per heavy atom. The fourth-order valence-corrected chi connectivity index (χ4v) is 2.31. The second-order valence-electron chi connectivity index (χ2n) is 4.09. The Kier molecular flexibility index (Phi) is 3.85. The van der Waals surface area contributed by atoms with E-state index in [2.05, 4.69) is 36.2 Å². The van der Waals surface area contributed by atoms with E-state index in [0.29, 0.717) is 21.2 Å². The zero-order chi connectivity index (χ0) is 14.8. The molecule has 0 aliphatic rings. The summed E-state index contributed by atoms with van der Waals surface area (Å²) >= 11 is 9.39. The quantitative estimate of drug-likeness (QED) is 0.712. The molecule has 0 saturated carbocycles. The van der Waals surface area contributed by atoms with E-state index in [-0.39, 0.29) is 0 Å². The van der Waals surface area contributed by atoms with Crippen molar-refractivity contribution >= 4 is 27.5 Å². The molecule has 0 aliphatic heterocycles. The molecule has 0 spiro atoms. The van der Waals surface area contributed by atoms with Crippen molar-refractivity contribution < 1.29 is 4.74 Å². The smallest absolute Gasteiger partial charge is 0.216 e. The molecule has 3 aromatic rings. The van der Waals surface area contributed by atoms with E-state index in [1.54, 1.807) is 30.1 Å². The molecule has 0 aliphatic carbocycles. The van der Waals surface area contributed by atoms with Crippen molar-refractivity contribution in [1.82, 2.24) is 25.0 Å². The number of ether oxygens (including phenoxy) is 1. The van der Waals surface area contributed by atoms with Gasteiger partial charge in [-0.15, -0.1) is 5.10 Å². The molecule has 0 atom stereocenters. The van der Waals surface area contributed by atoms with Crippen LogP contribution in [0.15, 0.2) is 41.4 Å². The Morgan fingerprint density at radius 3 is 2.81 bits per heavy atom. The lowest BCUT2D eigenvalue weighted by atomic mass is 10.1. The Hall–Kier alpha value is -1.99. The SMILES string of the molecule is COc1cc(-c2cc(Cl)ccc2-n2cc(Br)nn2)ncn1. The van der Waals surface area contributed by atoms with E-state index in [1.165, 1.54) is 6.33 Å². The predicted octanol–water partition coefficient (Wildman–Crippen LogP) is 3.15. The highest BCUT2D eigenvalue weighted by molar-refractivity contribution is 9.10. The van der Waals surface area contributed by atoms with Gasteiger partial charge >= 0.3 is 0 Å². The van der Waals surface area contributed by atoms with Gasteiger partial charge in [0.2, 0.25) is 5.88 Å². The van der Waals surface area contributed by atoms with Crippen LogP contribution in [0.1, 0.15) is 0 Å². The summed E-state index contributed by atoms with van der Waals surface area (Å²) in [6.45, 7) is 0. The molecule has 21 heavy (non-hydrogen) atoms. The van der Waals surface area contributed by atoms with Gasteiger partial charge in [0.1, 0.15) is 10.9 Å². The third kappa shape index (κ3) is 2.88. The van der Waals surface area contributed by atoms with E-state index in [9.17, 15) is 0 Å². The zero-order valence-electron chi connectivity index (χ0n) is 10.9. The highest BCUT2D eigenvalue weighted by atomic mass is 79.9. The van der Waals surface area contributed by atoms with Gasteiger partial charge in [-0.25, -0.2) is 14.6 Å². The molecule has 0 saturated heterocycles. The summed E-state index contributed by atoms with van der Waals surface area (Å²) in [5, 5.41) is 8.57. The van der Waals surface area contributed by atoms with Crippen molar-refractivity contribution in [2.45, 2.75) is 0 Å². The molecule has 3 rings (SSSR count). The fraction of sp³-hybridized carbons (Fsp3) is 0.0769. The van der Waals surface area contributed by atoms with Gasteiger partial charge in [-0.3, -0.25) is 0 Å². The number of benzene rings is 1. The number of methoxy groups -OCH3 is 1. The first kappa shape index (κ1) is 14.0. The molecule has 0 radical (unpaired) electrons. The predicted molar refractivity (Wildman–Crippen MR) is 81.6 cm³/mol. The minimum absolute atomic E-state index is 0.477. The topological polar surface area (TPSA) is 65.7 Å². The molecule has 0 amide bonds. The molecular formula is C13H9BrClN5O. The van der Waals surface area contributed by atoms with Crippen molar-refractivity contribution in [2.24, 2.45) is 0 Å². The lowest BCUT2D eigenvalue weighted by molar-refractivity contribution is 0.397. The van der Waals surface area contributed by atoms with Gasteiger partial charge in [0, 0.05) is 16.7 Å². The molecule has 0 unspecified atom stereocenters. The summed E-state index contributed by atoms with van der Waals surface area (Å²) in [6, 6.07) is 7.19. The minimum atomic E-state index is 0.477. The van der Waals surface area contributed by atoms with E-state index < -0.39 is 0 Å². The number of rotatable bonds is 3. The molecular weight excluding hydrogens is 358 g/mol. The van der Waals surface area contributed by atoms with Crippen molar-refractivity contribution in [1.29, 1.82) is 0 Å². The third-order valence-corrected chi connectivity index (χ3v) is 3.40. The van der Waals surface area contributed by atoms with Crippen molar-refractivity contribution in [3.05, 3.63) is 46.4 Å². The van der Waals surface area contributed by atoms with E-state index in [0.717, 1.165) is 11.3 Å². The van der Waals surface area contributed by atoms with Crippen molar-refractivity contribution in [2.75, 3.05) is 7.11 Å². The highest BCUT2D eigenvalue weighted by Gasteiger charge is 2.12. The van der Waals surface area contributed by atoms with E-state index >= 15 is 0 Å². The van der Waals surface area contributed by atoms with Crippen LogP contribution in [0.4, 0.5) is 0 Å². The largest absolute Gasteiger partial charge is 0.481 e. The van der Waals surface area contributed by atoms with Crippen LogP contribution >= 0.6 is 27.5 Å². The zero-order valence-corrected chi connectivity index (χ0v) is 13.2. The highest BCUT2D eigenvalue weighted by Crippen LogP contribution is 2.29. The van der Waals surface area contributed by atoms with Crippen LogP contribution < -0.4 is 4.74 Å². The van der Waals surface area contributed by atoms with E-state index in [4.69, 9.17) is 16.3 Å². The second kappa shape index (κ2) is 5.79. The standard InChI is InChI=1S/C13H9BrClN5O/c1-21-13-5-10(16-7-17-13)9-4-8(15)2-3-11(9)20-6-12(14)18-19-20/h2-7H,1H3. The summed E-state index contributed by atoms with van der Waals surface area (Å²) < 4.78 is 7.42. The maximum absolute atomic E-state index is 6.10. The molecule has 0 bridgehead atoms. The fourth-order valence-electron chi connectivity index (χ4n) is 1.87. The molecule has 0 fully saturated rings. The van der Waals surface area contributed by atoms with Crippen LogP contribution in [0.3, 0.4) is 0 Å². The third-order valence-electron chi connectivity index (χ3n) is 2.80. The van der Waals surface area contributed by atoms with Gasteiger partial charge in [-0.05, 0) is 34.1 Å². The van der Waals surface area contributed by atoms with Crippen molar-refractivity contribution in [3.8, 4) is 22.8 Å². The molecule has 2 heterocycles. The molecule has 2 aromatic heterocycles. The molecule has 106 valence electrons. The van der Waals surface area contributed by atoms with Gasteiger partial charge < -0.3 is 4.74 Å². The van der Waals surface area contributed by atoms with Crippen LogP contribution in [0.5, 0.6) is 5.88 Å². The van der Waals surface area contributed by atoms with Crippen LogP contribution in [-0.2, 0) is 0 Å². The van der Waals surface area contributed by atoms with Crippen molar-refractivity contribution in [3.63, 3.8) is 0 Å². The maximum Gasteiger partial charge on any atom is 0.216 e. The molecule has 8 heteroatoms. The van der Waals surface area contributed by atoms with Gasteiger partial charge in [0.25, 0.3) is 0 Å². The van der Waals surface area contributed by atoms with Gasteiger partial charge in [-0.1, -0.05) is 16.8 Å². The minimum Gasteiger partial charge on any atom is -0.481 e. The van der Waals surface area contributed by atoms with E-state index in [1.807, 2.05) is 12.1 Å². The monoisotopic (exact) mass is 365 g/mol. The maximum atomic E-state index is 6.10. The summed E-state index contributed by atoms with van der Waals surface area (Å²) in [6.07, 6.45) is 3.20. The Labute approximate surface area is 133 Å². The molecule has 6 nitrogen and oxygen atoms in total. The van der Waals surface area contributed by atoms with Gasteiger partial charge in [0.15, 0.2) is 0 Å². The first-order valence-electron chi connectivity index (χ1n) is 5.91. The van der Waals surface area contributed by atoms with Crippen LogP contribution in [0.2, 0.25) is 5.02 Å². The average molecular weight is 367 g/mol. The number of aromatic nitrogens is 5. The number of nitrogens with zero attached hydrogens (tertiary/aromatic N) is 5. The summed E-state index contributed by atoms with van der Waals surface area (Å²) in [5.74, 6) is 0.477. The van der Waals surface area contributed by atoms with Crippen LogP contribution in [0.25, 0.3) is 16.9 Å². The first-order chi connectivity index (χ1) is 10.2. The Balaban J connectivity index is 2.18. The lowest BCUT2D eigenvalue weighted by Crippen LogP contribution is -2.00. The second-order valence-corrected chi connectivity index (χ2v) is 5.34. The Bertz CT molecular complexity index is 792. The van der Waals surface area contributed by atoms with Gasteiger partial charge in [0.05, 0.1) is 24.7 Å². The van der Waals surface area contributed by atoms with Gasteiger partial charge in [-0.2, -0.15) is 0 Å². The normalized spacial score (nSPS) is 10.6. The van der Waals surface area contributed by atoms with Crippen LogP contribution in [0, 0.1) is 0 Å². The summed E-state index contributed by atoms with van der Waals surface area (Å²) in [5.41, 5.74) is 2.30. The average Bonchev–Trinajstić information content (AvgIpc) is 2.93. The lowest BCUT2D eigenvalue weighted by Gasteiger charge is -2.09. The number of halogens is 2. The number of hydrogen-bond donors (Lipinski definition) is 0. The Morgan fingerprint density at radius 2 is 2.10 bits per heavy atom. The number of hydrogen-bond acceptors (Lipinski definition) is 5.